The molecule has 3 nitrogen and oxygen atoms in total. The predicted octanol–water partition coefficient (Wildman–Crippen LogP) is 3.75. The van der Waals surface area contributed by atoms with Gasteiger partial charge < -0.3 is 10.1 Å². The number of fused-ring (bicyclic) bond motifs is 1. The zero-order valence-corrected chi connectivity index (χ0v) is 12.3. The van der Waals surface area contributed by atoms with Gasteiger partial charge in [-0.1, -0.05) is 19.9 Å². The van der Waals surface area contributed by atoms with Crippen molar-refractivity contribution in [1.82, 2.24) is 0 Å². The number of para-hydroxylation sites is 1. The van der Waals surface area contributed by atoms with Crippen molar-refractivity contribution >= 4 is 11.5 Å². The Bertz CT molecular complexity index is 512. The number of carbonyl (C=O) groups excluding carboxylic acids is 1. The lowest BCUT2D eigenvalue weighted by molar-refractivity contribution is 0.0833. The van der Waals surface area contributed by atoms with Crippen molar-refractivity contribution in [3.63, 3.8) is 0 Å². The highest BCUT2D eigenvalue weighted by atomic mass is 16.5. The number of rotatable bonds is 2. The number of carbonyl (C=O) groups is 1. The zero-order chi connectivity index (χ0) is 14.1. The van der Waals surface area contributed by atoms with Crippen molar-refractivity contribution in [2.45, 2.75) is 33.1 Å². The SMILES string of the molecule is CC1CCC(C(=O)c2cccc3c2OCCN3)CC1C. The third-order valence-electron chi connectivity index (χ3n) is 4.91. The first-order valence-corrected chi connectivity index (χ1v) is 7.70. The van der Waals surface area contributed by atoms with E-state index in [1.54, 1.807) is 0 Å². The van der Waals surface area contributed by atoms with Crippen LogP contribution in [0.1, 0.15) is 43.5 Å². The van der Waals surface area contributed by atoms with Gasteiger partial charge >= 0.3 is 0 Å². The highest BCUT2D eigenvalue weighted by molar-refractivity contribution is 6.02. The first kappa shape index (κ1) is 13.5. The van der Waals surface area contributed by atoms with Gasteiger partial charge in [-0.25, -0.2) is 0 Å². The van der Waals surface area contributed by atoms with Gasteiger partial charge in [0.15, 0.2) is 11.5 Å². The summed E-state index contributed by atoms with van der Waals surface area (Å²) in [4.78, 5) is 12.8. The number of benzene rings is 1. The normalized spacial score (nSPS) is 29.0. The maximum atomic E-state index is 12.8. The zero-order valence-electron chi connectivity index (χ0n) is 12.3. The molecule has 1 fully saturated rings. The molecule has 0 spiro atoms. The molecule has 0 bridgehead atoms. The molecule has 0 radical (unpaired) electrons. The van der Waals surface area contributed by atoms with Crippen LogP contribution in [0.25, 0.3) is 0 Å². The van der Waals surface area contributed by atoms with E-state index in [2.05, 4.69) is 19.2 Å². The Labute approximate surface area is 120 Å². The second kappa shape index (κ2) is 5.47. The number of hydrogen-bond donors (Lipinski definition) is 1. The molecule has 0 saturated heterocycles. The fourth-order valence-corrected chi connectivity index (χ4v) is 3.37. The van der Waals surface area contributed by atoms with Gasteiger partial charge in [0.1, 0.15) is 6.61 Å². The first-order chi connectivity index (χ1) is 9.66. The number of hydrogen-bond acceptors (Lipinski definition) is 3. The predicted molar refractivity (Wildman–Crippen MR) is 80.4 cm³/mol. The summed E-state index contributed by atoms with van der Waals surface area (Å²) in [5.74, 6) is 2.57. The number of ketones is 1. The Hall–Kier alpha value is -1.51. The lowest BCUT2D eigenvalue weighted by atomic mass is 9.73. The van der Waals surface area contributed by atoms with Gasteiger partial charge in [0, 0.05) is 12.5 Å². The third-order valence-corrected chi connectivity index (χ3v) is 4.91. The molecule has 20 heavy (non-hydrogen) atoms. The molecule has 1 heterocycles. The largest absolute Gasteiger partial charge is 0.489 e. The molecule has 0 aromatic heterocycles. The summed E-state index contributed by atoms with van der Waals surface area (Å²) in [6.07, 6.45) is 3.18. The van der Waals surface area contributed by atoms with Crippen LogP contribution in [0, 0.1) is 17.8 Å². The van der Waals surface area contributed by atoms with Crippen LogP contribution >= 0.6 is 0 Å². The van der Waals surface area contributed by atoms with E-state index >= 15 is 0 Å². The highest BCUT2D eigenvalue weighted by Gasteiger charge is 2.31. The maximum Gasteiger partial charge on any atom is 0.169 e. The number of Topliss-reactive ketones (excluding diaryl/α,β-unsaturated/α-hetero) is 1. The summed E-state index contributed by atoms with van der Waals surface area (Å²) >= 11 is 0. The molecular formula is C17H23NO2. The summed E-state index contributed by atoms with van der Waals surface area (Å²) in [7, 11) is 0. The highest BCUT2D eigenvalue weighted by Crippen LogP contribution is 2.38. The molecular weight excluding hydrogens is 250 g/mol. The van der Waals surface area contributed by atoms with E-state index in [4.69, 9.17) is 4.74 Å². The Morgan fingerprint density at radius 1 is 1.25 bits per heavy atom. The summed E-state index contributed by atoms with van der Waals surface area (Å²) in [5.41, 5.74) is 1.72. The van der Waals surface area contributed by atoms with Crippen LogP contribution in [0.15, 0.2) is 18.2 Å². The summed E-state index contributed by atoms with van der Waals surface area (Å²) in [6, 6.07) is 5.84. The summed E-state index contributed by atoms with van der Waals surface area (Å²) < 4.78 is 5.73. The molecule has 3 atom stereocenters. The molecule has 1 aliphatic carbocycles. The summed E-state index contributed by atoms with van der Waals surface area (Å²) in [6.45, 7) is 6.00. The first-order valence-electron chi connectivity index (χ1n) is 7.70. The van der Waals surface area contributed by atoms with Crippen LogP contribution in [-0.2, 0) is 0 Å². The van der Waals surface area contributed by atoms with Crippen molar-refractivity contribution in [2.75, 3.05) is 18.5 Å². The van der Waals surface area contributed by atoms with Gasteiger partial charge in [0.25, 0.3) is 0 Å². The van der Waals surface area contributed by atoms with Crippen LogP contribution in [0.5, 0.6) is 5.75 Å². The third kappa shape index (κ3) is 2.41. The number of ether oxygens (including phenoxy) is 1. The molecule has 3 heteroatoms. The summed E-state index contributed by atoms with van der Waals surface area (Å²) in [5, 5.41) is 3.30. The van der Waals surface area contributed by atoms with E-state index < -0.39 is 0 Å². The lowest BCUT2D eigenvalue weighted by Gasteiger charge is -2.32. The van der Waals surface area contributed by atoms with Crippen molar-refractivity contribution in [3.8, 4) is 5.75 Å². The van der Waals surface area contributed by atoms with Crippen molar-refractivity contribution < 1.29 is 9.53 Å². The van der Waals surface area contributed by atoms with Crippen LogP contribution < -0.4 is 10.1 Å². The second-order valence-corrected chi connectivity index (χ2v) is 6.29. The Balaban J connectivity index is 1.84. The molecule has 1 N–H and O–H groups in total. The standard InChI is InChI=1S/C17H23NO2/c1-11-6-7-13(10-12(11)2)16(19)14-4-3-5-15-17(14)20-9-8-18-15/h3-5,11-13,18H,6-10H2,1-2H3. The van der Waals surface area contributed by atoms with E-state index in [0.29, 0.717) is 12.5 Å². The molecule has 3 rings (SSSR count). The van der Waals surface area contributed by atoms with Gasteiger partial charge in [-0.15, -0.1) is 0 Å². The fourth-order valence-electron chi connectivity index (χ4n) is 3.37. The van der Waals surface area contributed by atoms with Crippen molar-refractivity contribution in [1.29, 1.82) is 0 Å². The van der Waals surface area contributed by atoms with Crippen LogP contribution in [0.4, 0.5) is 5.69 Å². The molecule has 1 aromatic rings. The monoisotopic (exact) mass is 273 g/mol. The van der Waals surface area contributed by atoms with Gasteiger partial charge in [0.2, 0.25) is 0 Å². The fraction of sp³-hybridized carbons (Fsp3) is 0.588. The van der Waals surface area contributed by atoms with E-state index in [9.17, 15) is 4.79 Å². The smallest absolute Gasteiger partial charge is 0.169 e. The number of anilines is 1. The topological polar surface area (TPSA) is 38.3 Å². The van der Waals surface area contributed by atoms with Gasteiger partial charge in [-0.2, -0.15) is 0 Å². The Kier molecular flexibility index (Phi) is 3.68. The molecule has 2 aliphatic rings. The van der Waals surface area contributed by atoms with Gasteiger partial charge in [-0.05, 0) is 43.2 Å². The van der Waals surface area contributed by atoms with Crippen molar-refractivity contribution in [3.05, 3.63) is 23.8 Å². The van der Waals surface area contributed by atoms with E-state index in [-0.39, 0.29) is 11.7 Å². The molecule has 0 amide bonds. The molecule has 3 unspecified atom stereocenters. The minimum absolute atomic E-state index is 0.165. The van der Waals surface area contributed by atoms with E-state index in [0.717, 1.165) is 48.7 Å². The van der Waals surface area contributed by atoms with Crippen molar-refractivity contribution in [2.24, 2.45) is 17.8 Å². The van der Waals surface area contributed by atoms with Crippen LogP contribution in [0.3, 0.4) is 0 Å². The van der Waals surface area contributed by atoms with E-state index in [1.165, 1.54) is 0 Å². The van der Waals surface area contributed by atoms with Crippen LogP contribution in [-0.4, -0.2) is 18.9 Å². The quantitative estimate of drug-likeness (QED) is 0.834. The lowest BCUT2D eigenvalue weighted by Crippen LogP contribution is -2.27. The minimum Gasteiger partial charge on any atom is -0.489 e. The molecule has 1 saturated carbocycles. The van der Waals surface area contributed by atoms with Gasteiger partial charge in [0.05, 0.1) is 11.3 Å². The van der Waals surface area contributed by atoms with Gasteiger partial charge in [-0.3, -0.25) is 4.79 Å². The molecule has 108 valence electrons. The Morgan fingerprint density at radius 3 is 2.90 bits per heavy atom. The maximum absolute atomic E-state index is 12.8. The Morgan fingerprint density at radius 2 is 2.10 bits per heavy atom. The second-order valence-electron chi connectivity index (χ2n) is 6.29. The van der Waals surface area contributed by atoms with Crippen LogP contribution in [0.2, 0.25) is 0 Å². The van der Waals surface area contributed by atoms with E-state index in [1.807, 2.05) is 18.2 Å². The minimum atomic E-state index is 0.165. The molecule has 1 aromatic carbocycles. The number of nitrogens with one attached hydrogen (secondary N) is 1. The average molecular weight is 273 g/mol. The average Bonchev–Trinajstić information content (AvgIpc) is 2.49. The molecule has 1 aliphatic heterocycles.